The zero-order valence-electron chi connectivity index (χ0n) is 17.8. The number of hydrogen-bond acceptors (Lipinski definition) is 3. The maximum absolute atomic E-state index is 12.5. The fourth-order valence-electron chi connectivity index (χ4n) is 3.80. The summed E-state index contributed by atoms with van der Waals surface area (Å²) in [6, 6.07) is 14.2. The molecule has 1 atom stereocenters. The molecular weight excluding hydrogens is 386 g/mol. The van der Waals surface area contributed by atoms with E-state index in [9.17, 15) is 4.79 Å². The van der Waals surface area contributed by atoms with Crippen molar-refractivity contribution >= 4 is 12.0 Å². The number of aryl methyl sites for hydroxylation is 2. The molecule has 31 heavy (non-hydrogen) atoms. The van der Waals surface area contributed by atoms with Crippen molar-refractivity contribution in [2.24, 2.45) is 0 Å². The van der Waals surface area contributed by atoms with E-state index < -0.39 is 0 Å². The zero-order valence-corrected chi connectivity index (χ0v) is 17.8. The van der Waals surface area contributed by atoms with Gasteiger partial charge in [0.1, 0.15) is 12.4 Å². The Morgan fingerprint density at radius 2 is 2.19 bits per heavy atom. The predicted octanol–water partition coefficient (Wildman–Crippen LogP) is 4.40. The standard InChI is InChI=1S/C26H25N3O2/c1-3-4-15-31-25-16-20(9-13-24(25)29-17-19(2)27-18-29)10-14-26(30)28-23-12-11-21-7-5-6-8-22(21)23/h5-10,13-14,16-18,23H,11-12,15H2,1-2H3,(H,28,30). The van der Waals surface area contributed by atoms with Crippen LogP contribution in [-0.2, 0) is 11.2 Å². The van der Waals surface area contributed by atoms with Gasteiger partial charge in [0, 0.05) is 12.3 Å². The molecule has 5 nitrogen and oxygen atoms in total. The summed E-state index contributed by atoms with van der Waals surface area (Å²) in [6.45, 7) is 4.02. The number of fused-ring (bicyclic) bond motifs is 1. The van der Waals surface area contributed by atoms with Gasteiger partial charge in [0.15, 0.2) is 0 Å². The summed E-state index contributed by atoms with van der Waals surface area (Å²) in [7, 11) is 0. The van der Waals surface area contributed by atoms with Crippen molar-refractivity contribution in [3.8, 4) is 23.3 Å². The summed E-state index contributed by atoms with van der Waals surface area (Å²) < 4.78 is 7.80. The molecule has 1 aliphatic carbocycles. The third-order valence-corrected chi connectivity index (χ3v) is 5.33. The summed E-state index contributed by atoms with van der Waals surface area (Å²) >= 11 is 0. The van der Waals surface area contributed by atoms with E-state index in [-0.39, 0.29) is 11.9 Å². The largest absolute Gasteiger partial charge is 0.479 e. The minimum absolute atomic E-state index is 0.0757. The average Bonchev–Trinajstić information content (AvgIpc) is 3.39. The van der Waals surface area contributed by atoms with E-state index in [1.165, 1.54) is 11.1 Å². The molecule has 0 spiro atoms. The van der Waals surface area contributed by atoms with Gasteiger partial charge in [-0.2, -0.15) is 0 Å². The van der Waals surface area contributed by atoms with Gasteiger partial charge in [-0.3, -0.25) is 4.79 Å². The number of ether oxygens (including phenoxy) is 1. The smallest absolute Gasteiger partial charge is 0.244 e. The molecule has 1 unspecified atom stereocenters. The topological polar surface area (TPSA) is 56.1 Å². The van der Waals surface area contributed by atoms with Crippen molar-refractivity contribution in [1.29, 1.82) is 0 Å². The van der Waals surface area contributed by atoms with Gasteiger partial charge in [-0.15, -0.1) is 5.92 Å². The van der Waals surface area contributed by atoms with Crippen molar-refractivity contribution in [3.63, 3.8) is 0 Å². The van der Waals surface area contributed by atoms with Gasteiger partial charge in [0.25, 0.3) is 0 Å². The first-order valence-electron chi connectivity index (χ1n) is 10.4. The highest BCUT2D eigenvalue weighted by Gasteiger charge is 2.22. The molecule has 0 bridgehead atoms. The first-order valence-corrected chi connectivity index (χ1v) is 10.4. The number of nitrogens with zero attached hydrogens (tertiary/aromatic N) is 2. The average molecular weight is 412 g/mol. The number of rotatable bonds is 6. The molecule has 1 amide bonds. The molecule has 0 saturated carbocycles. The van der Waals surface area contributed by atoms with E-state index >= 15 is 0 Å². The molecule has 5 heteroatoms. The van der Waals surface area contributed by atoms with Crippen LogP contribution in [0.3, 0.4) is 0 Å². The Morgan fingerprint density at radius 3 is 3.00 bits per heavy atom. The lowest BCUT2D eigenvalue weighted by Gasteiger charge is -2.13. The Bertz CT molecular complexity index is 1180. The van der Waals surface area contributed by atoms with E-state index in [0.29, 0.717) is 12.4 Å². The number of amides is 1. The number of imidazole rings is 1. The van der Waals surface area contributed by atoms with E-state index in [1.807, 2.05) is 48.0 Å². The molecule has 156 valence electrons. The van der Waals surface area contributed by atoms with Crippen molar-refractivity contribution in [3.05, 3.63) is 83.4 Å². The highest BCUT2D eigenvalue weighted by molar-refractivity contribution is 5.92. The number of carbonyl (C=O) groups excluding carboxylic acids is 1. The predicted molar refractivity (Wildman–Crippen MR) is 122 cm³/mol. The molecule has 3 aromatic rings. The molecule has 0 radical (unpaired) electrons. The fourth-order valence-corrected chi connectivity index (χ4v) is 3.80. The van der Waals surface area contributed by atoms with Crippen molar-refractivity contribution < 1.29 is 9.53 Å². The van der Waals surface area contributed by atoms with Crippen LogP contribution in [0.4, 0.5) is 0 Å². The summed E-state index contributed by atoms with van der Waals surface area (Å²) in [5.74, 6) is 6.34. The van der Waals surface area contributed by atoms with Gasteiger partial charge in [0.05, 0.1) is 23.8 Å². The fraction of sp³-hybridized carbons (Fsp3) is 0.231. The van der Waals surface area contributed by atoms with Crippen LogP contribution in [0.25, 0.3) is 11.8 Å². The number of benzene rings is 2. The lowest BCUT2D eigenvalue weighted by Crippen LogP contribution is -2.25. The van der Waals surface area contributed by atoms with Crippen molar-refractivity contribution in [1.82, 2.24) is 14.9 Å². The molecule has 1 heterocycles. The molecule has 0 aliphatic heterocycles. The molecule has 4 rings (SSSR count). The molecule has 1 aromatic heterocycles. The number of aromatic nitrogens is 2. The van der Waals surface area contributed by atoms with Gasteiger partial charge in [-0.25, -0.2) is 4.98 Å². The van der Waals surface area contributed by atoms with Gasteiger partial charge >= 0.3 is 0 Å². The van der Waals surface area contributed by atoms with Crippen LogP contribution >= 0.6 is 0 Å². The molecular formula is C26H25N3O2. The lowest BCUT2D eigenvalue weighted by molar-refractivity contribution is -0.117. The van der Waals surface area contributed by atoms with Gasteiger partial charge in [-0.1, -0.05) is 36.3 Å². The van der Waals surface area contributed by atoms with E-state index in [4.69, 9.17) is 4.74 Å². The van der Waals surface area contributed by atoms with E-state index in [1.54, 1.807) is 25.4 Å². The van der Waals surface area contributed by atoms with Crippen molar-refractivity contribution in [2.75, 3.05) is 6.61 Å². The lowest BCUT2D eigenvalue weighted by atomic mass is 10.1. The third kappa shape index (κ3) is 4.87. The number of nitrogens with one attached hydrogen (secondary N) is 1. The SMILES string of the molecule is CC#CCOc1cc(C=CC(=O)NC2CCc3ccccc32)ccc1-n1cnc(C)c1. The second-order valence-corrected chi connectivity index (χ2v) is 7.50. The first kappa shape index (κ1) is 20.5. The number of carbonyl (C=O) groups is 1. The molecule has 0 saturated heterocycles. The minimum atomic E-state index is -0.102. The van der Waals surface area contributed by atoms with Crippen molar-refractivity contribution in [2.45, 2.75) is 32.7 Å². The number of hydrogen-bond donors (Lipinski definition) is 1. The Balaban J connectivity index is 1.49. The highest BCUT2D eigenvalue weighted by atomic mass is 16.5. The summed E-state index contributed by atoms with van der Waals surface area (Å²) in [5.41, 5.74) is 5.22. The Hall–Kier alpha value is -3.78. The van der Waals surface area contributed by atoms with Gasteiger partial charge < -0.3 is 14.6 Å². The Labute approximate surface area is 182 Å². The molecule has 1 N–H and O–H groups in total. The second-order valence-electron chi connectivity index (χ2n) is 7.50. The first-order chi connectivity index (χ1) is 15.1. The van der Waals surface area contributed by atoms with E-state index in [2.05, 4.69) is 34.3 Å². The molecule has 1 aliphatic rings. The minimum Gasteiger partial charge on any atom is -0.479 e. The molecule has 2 aromatic carbocycles. The monoisotopic (exact) mass is 411 g/mol. The van der Waals surface area contributed by atoms with Crippen LogP contribution in [0.2, 0.25) is 0 Å². The summed E-state index contributed by atoms with van der Waals surface area (Å²) in [5, 5.41) is 3.11. The van der Waals surface area contributed by atoms with Crippen LogP contribution in [0.5, 0.6) is 5.75 Å². The second kappa shape index (κ2) is 9.36. The third-order valence-electron chi connectivity index (χ3n) is 5.33. The maximum Gasteiger partial charge on any atom is 0.244 e. The van der Waals surface area contributed by atoms with Crippen LogP contribution in [0, 0.1) is 18.8 Å². The zero-order chi connectivity index (χ0) is 21.6. The quantitative estimate of drug-likeness (QED) is 0.483. The van der Waals surface area contributed by atoms with E-state index in [0.717, 1.165) is 29.8 Å². The molecule has 0 fully saturated rings. The van der Waals surface area contributed by atoms with Crippen LogP contribution in [0.1, 0.15) is 41.8 Å². The van der Waals surface area contributed by atoms with Crippen LogP contribution < -0.4 is 10.1 Å². The van der Waals surface area contributed by atoms with Gasteiger partial charge in [-0.05, 0) is 61.6 Å². The van der Waals surface area contributed by atoms with Crippen LogP contribution in [-0.4, -0.2) is 22.1 Å². The maximum atomic E-state index is 12.5. The summed E-state index contributed by atoms with van der Waals surface area (Å²) in [4.78, 5) is 16.8. The summed E-state index contributed by atoms with van der Waals surface area (Å²) in [6.07, 6.45) is 9.02. The van der Waals surface area contributed by atoms with Crippen LogP contribution in [0.15, 0.2) is 61.1 Å². The Kier molecular flexibility index (Phi) is 6.18. The Morgan fingerprint density at radius 1 is 1.32 bits per heavy atom. The highest BCUT2D eigenvalue weighted by Crippen LogP contribution is 2.30. The normalized spacial score (nSPS) is 14.7. The van der Waals surface area contributed by atoms with Gasteiger partial charge in [0.2, 0.25) is 5.91 Å².